The highest BCUT2D eigenvalue weighted by Gasteiger charge is 2.26. The minimum Gasteiger partial charge on any atom is -0.495 e. The molecule has 0 aliphatic rings. The molecule has 0 bridgehead atoms. The Labute approximate surface area is 112 Å². The van der Waals surface area contributed by atoms with E-state index in [-0.39, 0.29) is 29.5 Å². The van der Waals surface area contributed by atoms with E-state index in [0.717, 1.165) is 4.31 Å². The van der Waals surface area contributed by atoms with Gasteiger partial charge in [0.15, 0.2) is 0 Å². The Morgan fingerprint density at radius 1 is 1.26 bits per heavy atom. The summed E-state index contributed by atoms with van der Waals surface area (Å²) in [7, 11) is 0.373. The van der Waals surface area contributed by atoms with Crippen LogP contribution in [-0.2, 0) is 10.0 Å². The summed E-state index contributed by atoms with van der Waals surface area (Å²) in [5.74, 6) is 0.469. The van der Waals surface area contributed by atoms with E-state index in [2.05, 4.69) is 0 Å². The molecule has 0 amide bonds. The second-order valence-electron chi connectivity index (χ2n) is 3.80. The van der Waals surface area contributed by atoms with Crippen molar-refractivity contribution in [1.29, 1.82) is 0 Å². The van der Waals surface area contributed by atoms with Gasteiger partial charge in [-0.15, -0.1) is 0 Å². The van der Waals surface area contributed by atoms with Crippen LogP contribution in [0.15, 0.2) is 17.0 Å². The van der Waals surface area contributed by atoms with Crippen molar-refractivity contribution in [3.63, 3.8) is 0 Å². The number of benzene rings is 1. The molecule has 0 aliphatic carbocycles. The molecule has 19 heavy (non-hydrogen) atoms. The Balaban J connectivity index is 3.37. The molecule has 1 rings (SSSR count). The van der Waals surface area contributed by atoms with Crippen LogP contribution in [0.5, 0.6) is 11.5 Å². The number of hydrogen-bond acceptors (Lipinski definition) is 6. The van der Waals surface area contributed by atoms with Gasteiger partial charge in [0.05, 0.1) is 26.5 Å². The average molecular weight is 290 g/mol. The molecule has 0 fully saturated rings. The molecule has 108 valence electrons. The fourth-order valence-electron chi connectivity index (χ4n) is 1.52. The molecule has 3 N–H and O–H groups in total. The Morgan fingerprint density at radius 2 is 1.84 bits per heavy atom. The van der Waals surface area contributed by atoms with E-state index >= 15 is 0 Å². The predicted molar refractivity (Wildman–Crippen MR) is 70.9 cm³/mol. The van der Waals surface area contributed by atoms with Crippen LogP contribution in [0.25, 0.3) is 0 Å². The second-order valence-corrected chi connectivity index (χ2v) is 5.81. The van der Waals surface area contributed by atoms with Crippen molar-refractivity contribution in [1.82, 2.24) is 4.31 Å². The lowest BCUT2D eigenvalue weighted by atomic mass is 10.3. The quantitative estimate of drug-likeness (QED) is 0.709. The third kappa shape index (κ3) is 3.09. The SMILES string of the molecule is COc1cc(OC)c(S(=O)(=O)N(C)CCO)cc1N. The van der Waals surface area contributed by atoms with Gasteiger partial charge in [0, 0.05) is 19.7 Å². The lowest BCUT2D eigenvalue weighted by Gasteiger charge is -2.19. The number of aliphatic hydroxyl groups is 1. The van der Waals surface area contributed by atoms with Gasteiger partial charge in [-0.2, -0.15) is 4.31 Å². The summed E-state index contributed by atoms with van der Waals surface area (Å²) in [4.78, 5) is -0.0655. The summed E-state index contributed by atoms with van der Waals surface area (Å²) in [5.41, 5.74) is 5.91. The first-order valence-electron chi connectivity index (χ1n) is 5.47. The summed E-state index contributed by atoms with van der Waals surface area (Å²) in [6, 6.07) is 2.69. The summed E-state index contributed by atoms with van der Waals surface area (Å²) in [5, 5.41) is 8.83. The maximum absolute atomic E-state index is 12.3. The summed E-state index contributed by atoms with van der Waals surface area (Å²) < 4.78 is 35.7. The van der Waals surface area contributed by atoms with Gasteiger partial charge in [0.1, 0.15) is 16.4 Å². The Morgan fingerprint density at radius 3 is 2.32 bits per heavy atom. The molecular formula is C11H18N2O5S. The maximum Gasteiger partial charge on any atom is 0.246 e. The number of anilines is 1. The molecule has 0 saturated carbocycles. The molecule has 1 aromatic rings. The van der Waals surface area contributed by atoms with Gasteiger partial charge in [-0.1, -0.05) is 0 Å². The molecule has 0 unspecified atom stereocenters. The zero-order valence-electron chi connectivity index (χ0n) is 11.1. The lowest BCUT2D eigenvalue weighted by Crippen LogP contribution is -2.30. The molecule has 0 aromatic heterocycles. The summed E-state index contributed by atoms with van der Waals surface area (Å²) in [6.07, 6.45) is 0. The van der Waals surface area contributed by atoms with E-state index in [1.165, 1.54) is 33.4 Å². The number of aliphatic hydroxyl groups excluding tert-OH is 1. The molecule has 0 heterocycles. The molecule has 0 saturated heterocycles. The van der Waals surface area contributed by atoms with Crippen molar-refractivity contribution in [3.8, 4) is 11.5 Å². The number of methoxy groups -OCH3 is 2. The molecular weight excluding hydrogens is 272 g/mol. The van der Waals surface area contributed by atoms with Crippen molar-refractivity contribution in [2.45, 2.75) is 4.90 Å². The molecule has 0 radical (unpaired) electrons. The number of nitrogen functional groups attached to an aromatic ring is 1. The minimum atomic E-state index is -3.78. The van der Waals surface area contributed by atoms with Crippen molar-refractivity contribution in [2.24, 2.45) is 0 Å². The van der Waals surface area contributed by atoms with Crippen LogP contribution in [0.1, 0.15) is 0 Å². The Hall–Kier alpha value is -1.51. The molecule has 8 heteroatoms. The molecule has 1 aromatic carbocycles. The van der Waals surface area contributed by atoms with Gasteiger partial charge in [-0.05, 0) is 6.07 Å². The normalized spacial score (nSPS) is 11.6. The first-order chi connectivity index (χ1) is 8.88. The van der Waals surface area contributed by atoms with Crippen molar-refractivity contribution in [3.05, 3.63) is 12.1 Å². The van der Waals surface area contributed by atoms with E-state index in [9.17, 15) is 8.42 Å². The smallest absolute Gasteiger partial charge is 0.246 e. The van der Waals surface area contributed by atoms with Crippen LogP contribution >= 0.6 is 0 Å². The van der Waals surface area contributed by atoms with Crippen LogP contribution in [-0.4, -0.2) is 52.2 Å². The minimum absolute atomic E-state index is 0.0164. The molecule has 0 atom stereocenters. The standard InChI is InChI=1S/C11H18N2O5S/c1-13(4-5-14)19(15,16)11-6-8(12)9(17-2)7-10(11)18-3/h6-7,14H,4-5,12H2,1-3H3. The first-order valence-corrected chi connectivity index (χ1v) is 6.91. The molecule has 0 spiro atoms. The number of hydrogen-bond donors (Lipinski definition) is 2. The van der Waals surface area contributed by atoms with Crippen LogP contribution in [0.3, 0.4) is 0 Å². The largest absolute Gasteiger partial charge is 0.495 e. The highest BCUT2D eigenvalue weighted by Crippen LogP contribution is 2.34. The summed E-state index contributed by atoms with van der Waals surface area (Å²) in [6.45, 7) is -0.291. The second kappa shape index (κ2) is 6.09. The van der Waals surface area contributed by atoms with E-state index in [1.807, 2.05) is 0 Å². The van der Waals surface area contributed by atoms with E-state index < -0.39 is 10.0 Å². The van der Waals surface area contributed by atoms with Gasteiger partial charge < -0.3 is 20.3 Å². The van der Waals surface area contributed by atoms with Gasteiger partial charge in [-0.25, -0.2) is 8.42 Å². The zero-order chi connectivity index (χ0) is 14.6. The third-order valence-electron chi connectivity index (χ3n) is 2.62. The fraction of sp³-hybridized carbons (Fsp3) is 0.455. The van der Waals surface area contributed by atoms with E-state index in [0.29, 0.717) is 5.75 Å². The summed E-state index contributed by atoms with van der Waals surface area (Å²) >= 11 is 0. The van der Waals surface area contributed by atoms with Crippen LogP contribution in [0, 0.1) is 0 Å². The van der Waals surface area contributed by atoms with E-state index in [1.54, 1.807) is 0 Å². The van der Waals surface area contributed by atoms with Gasteiger partial charge in [0.2, 0.25) is 10.0 Å². The molecule has 7 nitrogen and oxygen atoms in total. The Kier molecular flexibility index (Phi) is 4.98. The maximum atomic E-state index is 12.3. The zero-order valence-corrected chi connectivity index (χ0v) is 11.9. The van der Waals surface area contributed by atoms with Crippen LogP contribution in [0.2, 0.25) is 0 Å². The fourth-order valence-corrected chi connectivity index (χ4v) is 2.85. The predicted octanol–water partition coefficient (Wildman–Crippen LogP) is -0.101. The number of nitrogens with two attached hydrogens (primary N) is 1. The van der Waals surface area contributed by atoms with Crippen LogP contribution in [0.4, 0.5) is 5.69 Å². The number of ether oxygens (including phenoxy) is 2. The lowest BCUT2D eigenvalue weighted by molar-refractivity contribution is 0.266. The first kappa shape index (κ1) is 15.5. The van der Waals surface area contributed by atoms with Crippen molar-refractivity contribution in [2.75, 3.05) is 40.2 Å². The highest BCUT2D eigenvalue weighted by molar-refractivity contribution is 7.89. The number of likely N-dealkylation sites (N-methyl/N-ethyl adjacent to an activating group) is 1. The van der Waals surface area contributed by atoms with Gasteiger partial charge >= 0.3 is 0 Å². The number of sulfonamides is 1. The average Bonchev–Trinajstić information content (AvgIpc) is 2.38. The van der Waals surface area contributed by atoms with Crippen molar-refractivity contribution >= 4 is 15.7 Å². The molecule has 0 aliphatic heterocycles. The topological polar surface area (TPSA) is 102 Å². The van der Waals surface area contributed by atoms with Crippen LogP contribution < -0.4 is 15.2 Å². The Bertz CT molecular complexity index is 544. The number of rotatable bonds is 6. The third-order valence-corrected chi connectivity index (χ3v) is 4.50. The highest BCUT2D eigenvalue weighted by atomic mass is 32.2. The number of nitrogens with zero attached hydrogens (tertiary/aromatic N) is 1. The van der Waals surface area contributed by atoms with Crippen molar-refractivity contribution < 1.29 is 23.0 Å². The van der Waals surface area contributed by atoms with Gasteiger partial charge in [-0.3, -0.25) is 0 Å². The van der Waals surface area contributed by atoms with E-state index in [4.69, 9.17) is 20.3 Å². The van der Waals surface area contributed by atoms with Gasteiger partial charge in [0.25, 0.3) is 0 Å². The monoisotopic (exact) mass is 290 g/mol.